The third-order valence-corrected chi connectivity index (χ3v) is 8.00. The quantitative estimate of drug-likeness (QED) is 0.341. The number of thiazole rings is 1. The normalized spacial score (nSPS) is 25.0. The molecular formula is C24H31N5O3S. The van der Waals surface area contributed by atoms with E-state index in [4.69, 9.17) is 9.97 Å². The van der Waals surface area contributed by atoms with Gasteiger partial charge in [0.05, 0.1) is 28.6 Å². The molecule has 8 nitrogen and oxygen atoms in total. The topological polar surface area (TPSA) is 123 Å². The lowest BCUT2D eigenvalue weighted by Crippen LogP contribution is -2.35. The van der Waals surface area contributed by atoms with Crippen LogP contribution in [0.5, 0.6) is 0 Å². The van der Waals surface area contributed by atoms with Gasteiger partial charge in [-0.1, -0.05) is 6.92 Å². The second-order valence-corrected chi connectivity index (χ2v) is 10.3. The summed E-state index contributed by atoms with van der Waals surface area (Å²) in [5.74, 6) is 1.85. The van der Waals surface area contributed by atoms with Gasteiger partial charge < -0.3 is 26.0 Å². The number of rotatable bonds is 8. The number of aliphatic hydroxyl groups excluding tert-OH is 3. The summed E-state index contributed by atoms with van der Waals surface area (Å²) in [5.41, 5.74) is 4.02. The van der Waals surface area contributed by atoms with Gasteiger partial charge in [0.2, 0.25) is 0 Å². The molecule has 9 heteroatoms. The van der Waals surface area contributed by atoms with Crippen LogP contribution in [0.3, 0.4) is 0 Å². The van der Waals surface area contributed by atoms with E-state index in [2.05, 4.69) is 29.5 Å². The molecule has 4 unspecified atom stereocenters. The number of aliphatic hydroxyl groups is 3. The van der Waals surface area contributed by atoms with Crippen molar-refractivity contribution in [3.63, 3.8) is 0 Å². The first-order chi connectivity index (χ1) is 16.0. The fourth-order valence-corrected chi connectivity index (χ4v) is 5.80. The third-order valence-electron chi connectivity index (χ3n) is 6.94. The van der Waals surface area contributed by atoms with Gasteiger partial charge >= 0.3 is 0 Å². The number of fused-ring (bicyclic) bond motifs is 1. The van der Waals surface area contributed by atoms with Gasteiger partial charge in [-0.05, 0) is 55.7 Å². The zero-order valence-electron chi connectivity index (χ0n) is 19.0. The number of nitrogens with one attached hydrogen (secondary N) is 2. The number of anilines is 2. The average Bonchev–Trinajstić information content (AvgIpc) is 3.49. The summed E-state index contributed by atoms with van der Waals surface area (Å²) in [7, 11) is 0. The highest BCUT2D eigenvalue weighted by atomic mass is 32.1. The highest BCUT2D eigenvalue weighted by Crippen LogP contribution is 2.41. The van der Waals surface area contributed by atoms with E-state index in [0.717, 1.165) is 50.7 Å². The molecule has 3 aromatic rings. The maximum absolute atomic E-state index is 10.6. The predicted molar refractivity (Wildman–Crippen MR) is 131 cm³/mol. The molecule has 176 valence electrons. The summed E-state index contributed by atoms with van der Waals surface area (Å²) in [6, 6.07) is 1.55. The molecule has 2 fully saturated rings. The van der Waals surface area contributed by atoms with E-state index in [9.17, 15) is 15.3 Å². The van der Waals surface area contributed by atoms with Crippen LogP contribution in [-0.2, 0) is 6.42 Å². The zero-order valence-corrected chi connectivity index (χ0v) is 19.8. The Morgan fingerprint density at radius 2 is 1.97 bits per heavy atom. The lowest BCUT2D eigenvalue weighted by atomic mass is 10.0. The summed E-state index contributed by atoms with van der Waals surface area (Å²) >= 11 is 1.59. The minimum Gasteiger partial charge on any atom is -0.396 e. The Labute approximate surface area is 197 Å². The van der Waals surface area contributed by atoms with E-state index in [1.807, 2.05) is 6.07 Å². The molecular weight excluding hydrogens is 438 g/mol. The van der Waals surface area contributed by atoms with Gasteiger partial charge in [-0.25, -0.2) is 9.97 Å². The van der Waals surface area contributed by atoms with Crippen molar-refractivity contribution >= 4 is 33.2 Å². The van der Waals surface area contributed by atoms with Crippen LogP contribution in [0.2, 0.25) is 0 Å². The highest BCUT2D eigenvalue weighted by molar-refractivity contribution is 7.21. The second-order valence-electron chi connectivity index (χ2n) is 9.24. The summed E-state index contributed by atoms with van der Waals surface area (Å²) in [4.78, 5) is 14.0. The first kappa shape index (κ1) is 22.5. The van der Waals surface area contributed by atoms with Crippen LogP contribution in [-0.4, -0.2) is 61.7 Å². The van der Waals surface area contributed by atoms with E-state index in [1.165, 1.54) is 12.8 Å². The molecule has 3 aromatic heterocycles. The largest absolute Gasteiger partial charge is 0.396 e. The molecule has 33 heavy (non-hydrogen) atoms. The molecule has 0 aromatic carbocycles. The Balaban J connectivity index is 1.59. The highest BCUT2D eigenvalue weighted by Gasteiger charge is 2.41. The standard InChI is InChI=1S/C24H31N5O3S/c1-3-15-12(2)19(24-28-17-10-25-7-6-18(17)33-24)23(29-22(15)26-9-13-4-5-13)27-16-8-14(11-30)20(31)21(16)32/h6-7,10,13-14,16,20-21,30-32H,3-5,8-9,11H2,1-2H3,(H2,26,27,29). The molecule has 2 saturated carbocycles. The summed E-state index contributed by atoms with van der Waals surface area (Å²) in [6.45, 7) is 4.98. The third kappa shape index (κ3) is 4.30. The van der Waals surface area contributed by atoms with Crippen LogP contribution in [0.25, 0.3) is 20.8 Å². The fourth-order valence-electron chi connectivity index (χ4n) is 4.76. The van der Waals surface area contributed by atoms with Crippen molar-refractivity contribution in [3.05, 3.63) is 29.6 Å². The van der Waals surface area contributed by atoms with Crippen LogP contribution in [0.1, 0.15) is 37.3 Å². The van der Waals surface area contributed by atoms with Crippen LogP contribution in [0.15, 0.2) is 18.5 Å². The van der Waals surface area contributed by atoms with Crippen LogP contribution < -0.4 is 10.6 Å². The molecule has 0 aliphatic heterocycles. The van der Waals surface area contributed by atoms with Gasteiger partial charge in [-0.15, -0.1) is 11.3 Å². The molecule has 5 rings (SSSR count). The maximum Gasteiger partial charge on any atom is 0.139 e. The van der Waals surface area contributed by atoms with Crippen molar-refractivity contribution in [1.82, 2.24) is 15.0 Å². The molecule has 2 aliphatic rings. The Bertz CT molecular complexity index is 1120. The number of pyridine rings is 2. The summed E-state index contributed by atoms with van der Waals surface area (Å²) in [6.07, 6.45) is 5.39. The minimum absolute atomic E-state index is 0.163. The van der Waals surface area contributed by atoms with E-state index in [0.29, 0.717) is 18.2 Å². The van der Waals surface area contributed by atoms with E-state index in [-0.39, 0.29) is 12.5 Å². The van der Waals surface area contributed by atoms with Crippen molar-refractivity contribution in [2.45, 2.75) is 57.8 Å². The van der Waals surface area contributed by atoms with Gasteiger partial charge in [0, 0.05) is 25.3 Å². The molecule has 4 atom stereocenters. The monoisotopic (exact) mass is 469 g/mol. The first-order valence-corrected chi connectivity index (χ1v) is 12.5. The Kier molecular flexibility index (Phi) is 6.22. The summed E-state index contributed by atoms with van der Waals surface area (Å²) < 4.78 is 1.05. The summed E-state index contributed by atoms with van der Waals surface area (Å²) in [5, 5.41) is 38.4. The Hall–Kier alpha value is -2.33. The Morgan fingerprint density at radius 3 is 2.64 bits per heavy atom. The van der Waals surface area contributed by atoms with E-state index in [1.54, 1.807) is 23.7 Å². The Morgan fingerprint density at radius 1 is 1.15 bits per heavy atom. The van der Waals surface area contributed by atoms with Gasteiger partial charge in [-0.2, -0.15) is 0 Å². The number of hydrogen-bond donors (Lipinski definition) is 5. The van der Waals surface area contributed by atoms with Crippen molar-refractivity contribution in [2.24, 2.45) is 11.8 Å². The molecule has 0 amide bonds. The molecule has 0 saturated heterocycles. The van der Waals surface area contributed by atoms with Crippen molar-refractivity contribution in [3.8, 4) is 10.6 Å². The van der Waals surface area contributed by atoms with Gasteiger partial charge in [0.15, 0.2) is 0 Å². The second kappa shape index (κ2) is 9.13. The van der Waals surface area contributed by atoms with Crippen molar-refractivity contribution < 1.29 is 15.3 Å². The smallest absolute Gasteiger partial charge is 0.139 e. The van der Waals surface area contributed by atoms with E-state index >= 15 is 0 Å². The number of hydrogen-bond acceptors (Lipinski definition) is 9. The SMILES string of the molecule is CCc1c(NCC2CC2)nc(NC2CC(CO)C(O)C2O)c(-c2nc3cnccc3s2)c1C. The predicted octanol–water partition coefficient (Wildman–Crippen LogP) is 2.96. The molecule has 5 N–H and O–H groups in total. The molecule has 0 bridgehead atoms. The molecule has 0 spiro atoms. The first-order valence-electron chi connectivity index (χ1n) is 11.7. The zero-order chi connectivity index (χ0) is 23.1. The van der Waals surface area contributed by atoms with Crippen molar-refractivity contribution in [2.75, 3.05) is 23.8 Å². The fraction of sp³-hybridized carbons (Fsp3) is 0.542. The van der Waals surface area contributed by atoms with Crippen LogP contribution in [0, 0.1) is 18.8 Å². The average molecular weight is 470 g/mol. The molecule has 0 radical (unpaired) electrons. The lowest BCUT2D eigenvalue weighted by Gasteiger charge is -2.23. The molecule has 2 aliphatic carbocycles. The van der Waals surface area contributed by atoms with Gasteiger partial charge in [0.1, 0.15) is 28.3 Å². The van der Waals surface area contributed by atoms with Crippen LogP contribution in [0.4, 0.5) is 11.6 Å². The lowest BCUT2D eigenvalue weighted by molar-refractivity contribution is 0.00446. The number of nitrogens with zero attached hydrogens (tertiary/aromatic N) is 3. The minimum atomic E-state index is -0.981. The van der Waals surface area contributed by atoms with Gasteiger partial charge in [0.25, 0.3) is 0 Å². The van der Waals surface area contributed by atoms with Gasteiger partial charge in [-0.3, -0.25) is 4.98 Å². The maximum atomic E-state index is 10.6. The van der Waals surface area contributed by atoms with Crippen LogP contribution >= 0.6 is 11.3 Å². The van der Waals surface area contributed by atoms with Crippen molar-refractivity contribution in [1.29, 1.82) is 0 Å². The number of aromatic nitrogens is 3. The molecule has 3 heterocycles. The van der Waals surface area contributed by atoms with E-state index < -0.39 is 18.2 Å².